The Morgan fingerprint density at radius 3 is 2.83 bits per heavy atom. The van der Waals surface area contributed by atoms with Gasteiger partial charge in [-0.1, -0.05) is 11.6 Å². The Balaban J connectivity index is 2.16. The van der Waals surface area contributed by atoms with Gasteiger partial charge in [0.15, 0.2) is 24.3 Å². The second-order valence-corrected chi connectivity index (χ2v) is 5.72. The average Bonchev–Trinajstić information content (AvgIpc) is 2.90. The van der Waals surface area contributed by atoms with Gasteiger partial charge in [0.2, 0.25) is 0 Å². The summed E-state index contributed by atoms with van der Waals surface area (Å²) < 4.78 is 28.0. The van der Waals surface area contributed by atoms with E-state index in [1.165, 1.54) is 18.5 Å². The van der Waals surface area contributed by atoms with Crippen molar-refractivity contribution in [3.8, 4) is 0 Å². The van der Waals surface area contributed by atoms with Crippen molar-refractivity contribution in [3.05, 3.63) is 52.2 Å². The van der Waals surface area contributed by atoms with Gasteiger partial charge in [0.25, 0.3) is 0 Å². The van der Waals surface area contributed by atoms with Gasteiger partial charge < -0.3 is 5.73 Å². The number of nitrogens with one attached hydrogen (secondary N) is 1. The first-order valence-electron chi connectivity index (χ1n) is 6.42. The van der Waals surface area contributed by atoms with Gasteiger partial charge in [0.05, 0.1) is 23.0 Å². The fraction of sp³-hybridized carbons (Fsp3) is 0. The molecule has 2 aromatic heterocycles. The highest BCUT2D eigenvalue weighted by Crippen LogP contribution is 2.26. The number of rotatable bonds is 4. The van der Waals surface area contributed by atoms with Crippen LogP contribution in [0, 0.1) is 11.2 Å². The number of hydrogen-bond acceptors (Lipinski definition) is 6. The molecule has 0 saturated heterocycles. The molecule has 0 aliphatic carbocycles. The topological polar surface area (TPSA) is 97.6 Å². The van der Waals surface area contributed by atoms with Crippen molar-refractivity contribution in [1.29, 1.82) is 5.41 Å². The van der Waals surface area contributed by atoms with Crippen LogP contribution >= 0.6 is 23.9 Å². The van der Waals surface area contributed by atoms with Crippen LogP contribution in [0.2, 0.25) is 5.02 Å². The number of nitrogens with zero attached hydrogens (tertiary/aromatic N) is 3. The number of benzene rings is 1. The Kier molecular flexibility index (Phi) is 4.20. The molecule has 3 N–H and O–H groups in total. The molecule has 0 aliphatic rings. The predicted octanol–water partition coefficient (Wildman–Crippen LogP) is 3.42. The van der Waals surface area contributed by atoms with Gasteiger partial charge >= 0.3 is 0 Å². The van der Waals surface area contributed by atoms with E-state index in [0.717, 1.165) is 10.0 Å². The molecule has 24 heavy (non-hydrogen) atoms. The molecule has 0 fully saturated rings. The lowest BCUT2D eigenvalue weighted by atomic mass is 10.0. The van der Waals surface area contributed by atoms with Crippen molar-refractivity contribution >= 4 is 52.8 Å². The molecule has 10 heteroatoms. The van der Waals surface area contributed by atoms with Crippen molar-refractivity contribution in [2.45, 2.75) is 0 Å². The number of anilines is 1. The summed E-state index contributed by atoms with van der Waals surface area (Å²) in [6, 6.07) is 2.34. The van der Waals surface area contributed by atoms with E-state index in [2.05, 4.69) is 9.97 Å². The summed E-state index contributed by atoms with van der Waals surface area (Å²) in [6.45, 7) is 0. The molecule has 0 bridgehead atoms. The molecule has 1 aromatic carbocycles. The van der Waals surface area contributed by atoms with Gasteiger partial charge in [-0.15, -0.1) is 3.89 Å². The fourth-order valence-corrected chi connectivity index (χ4v) is 2.80. The van der Waals surface area contributed by atoms with Crippen LogP contribution in [0.25, 0.3) is 11.2 Å². The summed E-state index contributed by atoms with van der Waals surface area (Å²) in [5, 5.41) is 8.24. The lowest BCUT2D eigenvalue weighted by molar-refractivity contribution is 0.112. The highest BCUT2D eigenvalue weighted by Gasteiger charge is 2.19. The van der Waals surface area contributed by atoms with E-state index in [0.29, 0.717) is 6.29 Å². The maximum Gasteiger partial charge on any atom is 0.171 e. The number of fused-ring (bicyclic) bond motifs is 1. The van der Waals surface area contributed by atoms with Crippen LogP contribution in [0.3, 0.4) is 0 Å². The smallest absolute Gasteiger partial charge is 0.171 e. The van der Waals surface area contributed by atoms with Crippen LogP contribution in [0.5, 0.6) is 0 Å². The third-order valence-electron chi connectivity index (χ3n) is 3.28. The summed E-state index contributed by atoms with van der Waals surface area (Å²) in [7, 11) is 0. The van der Waals surface area contributed by atoms with Crippen LogP contribution in [-0.2, 0) is 0 Å². The van der Waals surface area contributed by atoms with Gasteiger partial charge in [-0.3, -0.25) is 10.2 Å². The highest BCUT2D eigenvalue weighted by molar-refractivity contribution is 7.92. The maximum absolute atomic E-state index is 14.1. The van der Waals surface area contributed by atoms with Gasteiger partial charge in [-0.05, 0) is 12.1 Å². The minimum Gasteiger partial charge on any atom is -0.398 e. The average molecular weight is 368 g/mol. The molecule has 6 nitrogen and oxygen atoms in total. The Bertz CT molecular complexity index is 968. The number of halogens is 3. The highest BCUT2D eigenvalue weighted by atomic mass is 35.5. The van der Waals surface area contributed by atoms with Crippen LogP contribution in [0.15, 0.2) is 24.5 Å². The molecular weight excluding hydrogens is 360 g/mol. The second-order valence-electron chi connectivity index (χ2n) is 4.75. The molecule has 0 unspecified atom stereocenters. The number of nitrogen functional groups attached to an aromatic ring is 1. The first-order valence-corrected chi connectivity index (χ1v) is 7.47. The van der Waals surface area contributed by atoms with Crippen LogP contribution in [-0.4, -0.2) is 25.9 Å². The maximum atomic E-state index is 14.1. The normalized spacial score (nSPS) is 11.0. The number of carbonyl (C=O) groups excluding carboxylic acids is 1. The summed E-state index contributed by atoms with van der Waals surface area (Å²) in [5.41, 5.74) is 5.50. The molecule has 0 amide bonds. The molecule has 3 aromatic rings. The lowest BCUT2D eigenvalue weighted by Crippen LogP contribution is -2.11. The fourth-order valence-electron chi connectivity index (χ4n) is 2.23. The number of hydrogen-bond donors (Lipinski definition) is 2. The molecule has 0 aliphatic heterocycles. The van der Waals surface area contributed by atoms with Gasteiger partial charge in [-0.2, -0.15) is 0 Å². The third kappa shape index (κ3) is 2.61. The first-order chi connectivity index (χ1) is 11.5. The van der Waals surface area contributed by atoms with Crippen LogP contribution < -0.4 is 5.73 Å². The van der Waals surface area contributed by atoms with E-state index in [-0.39, 0.29) is 56.7 Å². The van der Waals surface area contributed by atoms with Crippen LogP contribution in [0.4, 0.5) is 14.0 Å². The molecule has 3 rings (SSSR count). The zero-order chi connectivity index (χ0) is 17.4. The summed E-state index contributed by atoms with van der Waals surface area (Å²) in [4.78, 5) is 19.2. The van der Waals surface area contributed by atoms with Crippen molar-refractivity contribution < 1.29 is 13.1 Å². The van der Waals surface area contributed by atoms with Gasteiger partial charge in [-0.25, -0.2) is 18.3 Å². The van der Waals surface area contributed by atoms with E-state index < -0.39 is 5.82 Å². The van der Waals surface area contributed by atoms with Crippen molar-refractivity contribution in [3.63, 3.8) is 0 Å². The van der Waals surface area contributed by atoms with E-state index in [1.807, 2.05) is 0 Å². The lowest BCUT2D eigenvalue weighted by Gasteiger charge is -2.09. The Morgan fingerprint density at radius 2 is 2.21 bits per heavy atom. The molecular formula is C14H8ClF2N5OS. The molecule has 0 saturated carbocycles. The van der Waals surface area contributed by atoms with Crippen LogP contribution in [0.1, 0.15) is 21.6 Å². The zero-order valence-corrected chi connectivity index (χ0v) is 13.3. The van der Waals surface area contributed by atoms with E-state index >= 15 is 0 Å². The molecule has 0 spiro atoms. The van der Waals surface area contributed by atoms with E-state index in [9.17, 15) is 13.1 Å². The van der Waals surface area contributed by atoms with Crippen molar-refractivity contribution in [1.82, 2.24) is 13.9 Å². The molecule has 0 radical (unpaired) electrons. The number of aldehydes is 1. The van der Waals surface area contributed by atoms with E-state index in [4.69, 9.17) is 22.7 Å². The summed E-state index contributed by atoms with van der Waals surface area (Å²) >= 11 is 5.57. The summed E-state index contributed by atoms with van der Waals surface area (Å²) in [5.74, 6) is -0.778. The Morgan fingerprint density at radius 1 is 1.46 bits per heavy atom. The standard InChI is InChI=1S/C14H8ClF2N5OS/c15-7-1-8(16)11(9(18)2-7)12(19)10-3-20-14-13(21-10)6(5-23)4-22(14)24-17/h1-5,19H,18H2. The van der Waals surface area contributed by atoms with Gasteiger partial charge in [0.1, 0.15) is 17.0 Å². The SMILES string of the molecule is N=C(c1cnc2c(n1)c(C=O)cn2SF)c1c(N)cc(Cl)cc1F. The minimum atomic E-state index is -0.778. The molecule has 122 valence electrons. The van der Waals surface area contributed by atoms with E-state index in [1.54, 1.807) is 0 Å². The quantitative estimate of drug-likeness (QED) is 0.418. The number of aromatic nitrogens is 3. The number of carbonyl (C=O) groups is 1. The molecule has 0 atom stereocenters. The monoisotopic (exact) mass is 367 g/mol. The second kappa shape index (κ2) is 6.17. The zero-order valence-electron chi connectivity index (χ0n) is 11.8. The first kappa shape index (κ1) is 16.3. The number of nitrogens with two attached hydrogens (primary N) is 1. The van der Waals surface area contributed by atoms with Gasteiger partial charge in [0, 0.05) is 16.9 Å². The van der Waals surface area contributed by atoms with Crippen molar-refractivity contribution in [2.24, 2.45) is 0 Å². The van der Waals surface area contributed by atoms with Crippen molar-refractivity contribution in [2.75, 3.05) is 5.73 Å². The Labute approximate surface area is 143 Å². The largest absolute Gasteiger partial charge is 0.398 e. The predicted molar refractivity (Wildman–Crippen MR) is 88.8 cm³/mol. The minimum absolute atomic E-state index is 0.0138. The summed E-state index contributed by atoms with van der Waals surface area (Å²) in [6.07, 6.45) is 2.90. The molecule has 2 heterocycles. The third-order valence-corrected chi connectivity index (χ3v) is 3.93. The Hall–Kier alpha value is -2.52.